The van der Waals surface area contributed by atoms with Gasteiger partial charge in [-0.15, -0.1) is 0 Å². The maximum Gasteiger partial charge on any atom is 0.364 e. The lowest BCUT2D eigenvalue weighted by Gasteiger charge is -2.08. The van der Waals surface area contributed by atoms with Crippen molar-refractivity contribution in [3.63, 3.8) is 0 Å². The fourth-order valence-corrected chi connectivity index (χ4v) is 4.36. The molecule has 156 valence electrons. The van der Waals surface area contributed by atoms with Crippen molar-refractivity contribution in [2.75, 3.05) is 0 Å². The number of hydrogen-bond donors (Lipinski definition) is 0. The van der Waals surface area contributed by atoms with Gasteiger partial charge in [0.25, 0.3) is 0 Å². The molecule has 0 N–H and O–H groups in total. The Morgan fingerprint density at radius 3 is 1.94 bits per heavy atom. The predicted molar refractivity (Wildman–Crippen MR) is 135 cm³/mol. The lowest BCUT2D eigenvalue weighted by Crippen LogP contribution is -1.91. The second kappa shape index (κ2) is 8.43. The van der Waals surface area contributed by atoms with Crippen molar-refractivity contribution < 1.29 is 4.42 Å². The van der Waals surface area contributed by atoms with Crippen LogP contribution < -0.4 is 0 Å². The van der Waals surface area contributed by atoms with E-state index in [0.29, 0.717) is 5.92 Å². The zero-order chi connectivity index (χ0) is 22.1. The summed E-state index contributed by atoms with van der Waals surface area (Å²) in [4.78, 5) is 0. The molecule has 5 rings (SSSR count). The lowest BCUT2D eigenvalue weighted by atomic mass is 9.94. The van der Waals surface area contributed by atoms with Crippen molar-refractivity contribution in [3.05, 3.63) is 114 Å². The van der Waals surface area contributed by atoms with Crippen LogP contribution in [0.25, 0.3) is 44.9 Å². The lowest BCUT2D eigenvalue weighted by molar-refractivity contribution is 0.578. The Hall–Kier alpha value is -3.71. The first kappa shape index (κ1) is 20.2. The van der Waals surface area contributed by atoms with E-state index in [4.69, 9.17) is 4.42 Å². The van der Waals surface area contributed by atoms with Gasteiger partial charge in [-0.25, -0.2) is 4.42 Å². The minimum atomic E-state index is 0.496. The van der Waals surface area contributed by atoms with Crippen molar-refractivity contribution in [3.8, 4) is 44.9 Å². The highest BCUT2D eigenvalue weighted by Crippen LogP contribution is 2.42. The van der Waals surface area contributed by atoms with Gasteiger partial charge in [0.1, 0.15) is 0 Å². The average Bonchev–Trinajstić information content (AvgIpc) is 3.09. The second-order valence-electron chi connectivity index (χ2n) is 8.65. The number of fused-ring (bicyclic) bond motifs is 1. The summed E-state index contributed by atoms with van der Waals surface area (Å²) < 4.78 is 6.50. The molecule has 0 amide bonds. The van der Waals surface area contributed by atoms with E-state index >= 15 is 0 Å². The van der Waals surface area contributed by atoms with E-state index in [2.05, 4.69) is 112 Å². The standard InChI is InChI=1S/C31H27O/c1-21(2)25-15-10-16-27-26(19-25)17-18-28(27)29-20-30(23-11-6-4-7-12-23)32-31(22(29)3)24-13-8-5-9-14-24/h4-21H,1-3H3/q+1. The molecule has 3 aromatic rings. The molecule has 1 aromatic heterocycles. The minimum Gasteiger partial charge on any atom is -0.206 e. The van der Waals surface area contributed by atoms with E-state index in [0.717, 1.165) is 28.2 Å². The molecule has 0 bridgehead atoms. The van der Waals surface area contributed by atoms with Crippen LogP contribution in [0, 0.1) is 6.92 Å². The van der Waals surface area contributed by atoms with Gasteiger partial charge in [-0.3, -0.25) is 0 Å². The Labute approximate surface area is 190 Å². The molecule has 1 nitrogen and oxygen atoms in total. The van der Waals surface area contributed by atoms with Gasteiger partial charge in [0.2, 0.25) is 0 Å². The quantitative estimate of drug-likeness (QED) is 0.266. The Balaban J connectivity index is 1.75. The molecule has 0 saturated carbocycles. The van der Waals surface area contributed by atoms with Crippen LogP contribution in [0.15, 0.2) is 108 Å². The SMILES string of the molecule is Cc1c(-c2ccc3cc(C(C)C)cccc2-3)cc(-c2ccccc2)[o+]c1-c1ccccc1. The van der Waals surface area contributed by atoms with E-state index < -0.39 is 0 Å². The van der Waals surface area contributed by atoms with Gasteiger partial charge in [-0.2, -0.15) is 0 Å². The maximum absolute atomic E-state index is 6.50. The highest BCUT2D eigenvalue weighted by Gasteiger charge is 2.26. The first-order chi connectivity index (χ1) is 15.6. The molecule has 0 fully saturated rings. The zero-order valence-corrected chi connectivity index (χ0v) is 18.8. The van der Waals surface area contributed by atoms with Crippen molar-refractivity contribution in [2.24, 2.45) is 0 Å². The van der Waals surface area contributed by atoms with Crippen LogP contribution in [-0.4, -0.2) is 0 Å². The first-order valence-corrected chi connectivity index (χ1v) is 11.2. The molecule has 32 heavy (non-hydrogen) atoms. The van der Waals surface area contributed by atoms with Crippen LogP contribution in [0.3, 0.4) is 0 Å². The van der Waals surface area contributed by atoms with E-state index in [-0.39, 0.29) is 0 Å². The smallest absolute Gasteiger partial charge is 0.206 e. The van der Waals surface area contributed by atoms with Gasteiger partial charge in [0.15, 0.2) is 0 Å². The molecule has 0 radical (unpaired) electrons. The summed E-state index contributed by atoms with van der Waals surface area (Å²) in [5.74, 6) is 2.29. The highest BCUT2D eigenvalue weighted by molar-refractivity contribution is 5.90. The molecule has 2 aromatic carbocycles. The molecule has 0 spiro atoms. The minimum absolute atomic E-state index is 0.496. The molecule has 1 heteroatoms. The van der Waals surface area contributed by atoms with Crippen LogP contribution >= 0.6 is 0 Å². The van der Waals surface area contributed by atoms with Crippen molar-refractivity contribution in [1.82, 2.24) is 0 Å². The topological polar surface area (TPSA) is 11.3 Å². The summed E-state index contributed by atoms with van der Waals surface area (Å²) >= 11 is 0. The average molecular weight is 416 g/mol. The Kier molecular flexibility index (Phi) is 5.33. The van der Waals surface area contributed by atoms with Crippen LogP contribution in [0.4, 0.5) is 0 Å². The molecular formula is C31H27O+. The summed E-state index contributed by atoms with van der Waals surface area (Å²) in [7, 11) is 0. The second-order valence-corrected chi connectivity index (χ2v) is 8.65. The molecule has 2 aliphatic carbocycles. The summed E-state index contributed by atoms with van der Waals surface area (Å²) in [5, 5.41) is 0. The van der Waals surface area contributed by atoms with E-state index in [1.54, 1.807) is 0 Å². The third-order valence-corrected chi connectivity index (χ3v) is 6.19. The Bertz CT molecular complexity index is 1330. The van der Waals surface area contributed by atoms with Gasteiger partial charge in [0, 0.05) is 5.56 Å². The summed E-state index contributed by atoms with van der Waals surface area (Å²) in [6.45, 7) is 6.65. The van der Waals surface area contributed by atoms with E-state index in [1.165, 1.54) is 27.8 Å². The van der Waals surface area contributed by atoms with Crippen LogP contribution in [0.1, 0.15) is 30.9 Å². The van der Waals surface area contributed by atoms with Gasteiger partial charge in [-0.05, 0) is 59.4 Å². The van der Waals surface area contributed by atoms with Gasteiger partial charge in [-0.1, -0.05) is 86.6 Å². The predicted octanol–water partition coefficient (Wildman–Crippen LogP) is 9.10. The van der Waals surface area contributed by atoms with Crippen molar-refractivity contribution in [1.29, 1.82) is 0 Å². The van der Waals surface area contributed by atoms with E-state index in [9.17, 15) is 0 Å². The molecule has 0 saturated heterocycles. The molecule has 0 aliphatic heterocycles. The number of benzene rings is 2. The number of hydrogen-bond acceptors (Lipinski definition) is 0. The zero-order valence-electron chi connectivity index (χ0n) is 18.8. The summed E-state index contributed by atoms with van der Waals surface area (Å²) in [5.41, 5.74) is 9.67. The van der Waals surface area contributed by atoms with Gasteiger partial charge in [0.05, 0.1) is 22.8 Å². The molecule has 0 atom stereocenters. The molecule has 1 heterocycles. The Morgan fingerprint density at radius 1 is 0.562 bits per heavy atom. The Morgan fingerprint density at radius 2 is 1.25 bits per heavy atom. The third kappa shape index (κ3) is 3.71. The van der Waals surface area contributed by atoms with Crippen molar-refractivity contribution >= 4 is 0 Å². The largest absolute Gasteiger partial charge is 0.364 e. The molecule has 2 aliphatic rings. The normalized spacial score (nSPS) is 11.2. The third-order valence-electron chi connectivity index (χ3n) is 6.19. The number of rotatable bonds is 4. The fourth-order valence-electron chi connectivity index (χ4n) is 4.36. The highest BCUT2D eigenvalue weighted by atomic mass is 16.3. The van der Waals surface area contributed by atoms with Crippen LogP contribution in [-0.2, 0) is 0 Å². The van der Waals surface area contributed by atoms with Crippen LogP contribution in [0.5, 0.6) is 0 Å². The van der Waals surface area contributed by atoms with E-state index in [1.807, 2.05) is 12.1 Å². The van der Waals surface area contributed by atoms with Crippen LogP contribution in [0.2, 0.25) is 0 Å². The molecular weight excluding hydrogens is 388 g/mol. The molecule has 0 unspecified atom stereocenters. The maximum atomic E-state index is 6.50. The van der Waals surface area contributed by atoms with Gasteiger partial charge < -0.3 is 0 Å². The first-order valence-electron chi connectivity index (χ1n) is 11.2. The van der Waals surface area contributed by atoms with Crippen molar-refractivity contribution in [2.45, 2.75) is 26.7 Å². The van der Waals surface area contributed by atoms with Gasteiger partial charge >= 0.3 is 11.5 Å². The summed E-state index contributed by atoms with van der Waals surface area (Å²) in [6, 6.07) is 36.4. The fraction of sp³-hybridized carbons (Fsp3) is 0.129. The monoisotopic (exact) mass is 415 g/mol. The summed E-state index contributed by atoms with van der Waals surface area (Å²) in [6.07, 6.45) is 0.